The first kappa shape index (κ1) is 8.89. The molecule has 1 aliphatic heterocycles. The first-order valence-electron chi connectivity index (χ1n) is 5.27. The summed E-state index contributed by atoms with van der Waals surface area (Å²) in [6.07, 6.45) is 7.31. The molecule has 0 spiro atoms. The van der Waals surface area contributed by atoms with E-state index in [9.17, 15) is 0 Å². The highest BCUT2D eigenvalue weighted by Gasteiger charge is 2.22. The molecule has 2 heteroatoms. The summed E-state index contributed by atoms with van der Waals surface area (Å²) >= 11 is 2.21. The molecule has 0 bridgehead atoms. The van der Waals surface area contributed by atoms with Gasteiger partial charge in [-0.3, -0.25) is 0 Å². The molecule has 2 aliphatic rings. The molecule has 1 N–H and O–H groups in total. The van der Waals surface area contributed by atoms with E-state index in [1.807, 2.05) is 0 Å². The maximum Gasteiger partial charge on any atom is 0.00478 e. The van der Waals surface area contributed by atoms with Crippen molar-refractivity contribution in [3.8, 4) is 0 Å². The number of hydrogen-bond acceptors (Lipinski definition) is 2. The molecule has 0 radical (unpaired) electrons. The molecule has 1 saturated heterocycles. The second-order valence-electron chi connectivity index (χ2n) is 4.07. The maximum atomic E-state index is 3.48. The summed E-state index contributed by atoms with van der Waals surface area (Å²) in [6.45, 7) is 2.54. The number of nitrogens with one attached hydrogen (secondary N) is 1. The Kier molecular flexibility index (Phi) is 3.35. The van der Waals surface area contributed by atoms with Crippen LogP contribution in [0, 0.1) is 5.92 Å². The molecular weight excluding hydrogens is 166 g/mol. The molecule has 0 aromatic heterocycles. The van der Waals surface area contributed by atoms with Crippen LogP contribution in [0.1, 0.15) is 32.1 Å². The van der Waals surface area contributed by atoms with Gasteiger partial charge in [0, 0.05) is 5.25 Å². The third-order valence-electron chi connectivity index (χ3n) is 2.80. The van der Waals surface area contributed by atoms with Gasteiger partial charge in [-0.15, -0.1) is 0 Å². The van der Waals surface area contributed by atoms with Crippen LogP contribution in [0.15, 0.2) is 0 Å². The van der Waals surface area contributed by atoms with Crippen molar-refractivity contribution in [2.24, 2.45) is 5.92 Å². The molecule has 0 amide bonds. The number of thioether (sulfide) groups is 1. The lowest BCUT2D eigenvalue weighted by Gasteiger charge is -2.22. The monoisotopic (exact) mass is 185 g/mol. The van der Waals surface area contributed by atoms with Gasteiger partial charge in [0.15, 0.2) is 0 Å². The summed E-state index contributed by atoms with van der Waals surface area (Å²) in [7, 11) is 0. The van der Waals surface area contributed by atoms with Crippen LogP contribution >= 0.6 is 11.8 Å². The van der Waals surface area contributed by atoms with E-state index in [2.05, 4.69) is 17.1 Å². The first-order valence-corrected chi connectivity index (χ1v) is 6.32. The summed E-state index contributed by atoms with van der Waals surface area (Å²) in [6, 6.07) is 0. The normalized spacial score (nSPS) is 30.5. The Labute approximate surface area is 79.7 Å². The molecule has 0 aromatic carbocycles. The zero-order chi connectivity index (χ0) is 8.23. The molecule has 1 saturated carbocycles. The van der Waals surface area contributed by atoms with Crippen LogP contribution in [-0.4, -0.2) is 24.1 Å². The molecule has 2 fully saturated rings. The van der Waals surface area contributed by atoms with Crippen LogP contribution in [0.25, 0.3) is 0 Å². The highest BCUT2D eigenvalue weighted by atomic mass is 32.2. The van der Waals surface area contributed by atoms with Gasteiger partial charge in [-0.25, -0.2) is 0 Å². The van der Waals surface area contributed by atoms with E-state index in [1.54, 1.807) is 0 Å². The van der Waals surface area contributed by atoms with E-state index in [-0.39, 0.29) is 0 Å². The quantitative estimate of drug-likeness (QED) is 0.721. The predicted octanol–water partition coefficient (Wildman–Crippen LogP) is 2.27. The zero-order valence-corrected chi connectivity index (χ0v) is 8.54. The van der Waals surface area contributed by atoms with Gasteiger partial charge in [0.2, 0.25) is 0 Å². The van der Waals surface area contributed by atoms with Crippen molar-refractivity contribution < 1.29 is 0 Å². The van der Waals surface area contributed by atoms with E-state index in [0.29, 0.717) is 0 Å². The lowest BCUT2D eigenvalue weighted by atomic mass is 9.97. The SMILES string of the molecule is C1CNCC(CCSC2CC2)C1. The molecule has 2 rings (SSSR count). The van der Waals surface area contributed by atoms with E-state index in [1.165, 1.54) is 50.9 Å². The van der Waals surface area contributed by atoms with Gasteiger partial charge >= 0.3 is 0 Å². The Hall–Kier alpha value is 0.310. The predicted molar refractivity (Wildman–Crippen MR) is 55.7 cm³/mol. The number of piperidine rings is 1. The van der Waals surface area contributed by atoms with Crippen LogP contribution in [0.5, 0.6) is 0 Å². The number of rotatable bonds is 4. The highest BCUT2D eigenvalue weighted by molar-refractivity contribution is 8.00. The highest BCUT2D eigenvalue weighted by Crippen LogP contribution is 2.35. The largest absolute Gasteiger partial charge is 0.316 e. The molecule has 70 valence electrons. The second-order valence-corrected chi connectivity index (χ2v) is 5.48. The standard InChI is InChI=1S/C10H19NS/c1-2-9(8-11-6-1)5-7-12-10-3-4-10/h9-11H,1-8H2. The van der Waals surface area contributed by atoms with Gasteiger partial charge in [-0.1, -0.05) is 0 Å². The fraction of sp³-hybridized carbons (Fsp3) is 1.00. The Bertz CT molecular complexity index is 128. The average Bonchev–Trinajstić information content (AvgIpc) is 2.90. The minimum absolute atomic E-state index is 0.991. The summed E-state index contributed by atoms with van der Waals surface area (Å²) in [5, 5.41) is 4.54. The van der Waals surface area contributed by atoms with E-state index < -0.39 is 0 Å². The summed E-state index contributed by atoms with van der Waals surface area (Å²) < 4.78 is 0. The molecule has 1 atom stereocenters. The maximum absolute atomic E-state index is 3.48. The molecule has 1 nitrogen and oxygen atoms in total. The minimum atomic E-state index is 0.991. The van der Waals surface area contributed by atoms with Crippen molar-refractivity contribution in [2.45, 2.75) is 37.4 Å². The fourth-order valence-electron chi connectivity index (χ4n) is 1.81. The van der Waals surface area contributed by atoms with Crippen LogP contribution < -0.4 is 5.32 Å². The van der Waals surface area contributed by atoms with Crippen molar-refractivity contribution >= 4 is 11.8 Å². The van der Waals surface area contributed by atoms with Crippen LogP contribution in [0.2, 0.25) is 0 Å². The number of hydrogen-bond donors (Lipinski definition) is 1. The van der Waals surface area contributed by atoms with E-state index in [4.69, 9.17) is 0 Å². The third-order valence-corrected chi connectivity index (χ3v) is 4.22. The lowest BCUT2D eigenvalue weighted by molar-refractivity contribution is 0.371. The van der Waals surface area contributed by atoms with Crippen molar-refractivity contribution in [1.29, 1.82) is 0 Å². The van der Waals surface area contributed by atoms with Crippen LogP contribution in [-0.2, 0) is 0 Å². The van der Waals surface area contributed by atoms with E-state index >= 15 is 0 Å². The van der Waals surface area contributed by atoms with Gasteiger partial charge < -0.3 is 5.32 Å². The van der Waals surface area contributed by atoms with Crippen molar-refractivity contribution in [3.05, 3.63) is 0 Å². The summed E-state index contributed by atoms with van der Waals surface area (Å²) in [5.74, 6) is 2.40. The first-order chi connectivity index (χ1) is 5.95. The molecular formula is C10H19NS. The minimum Gasteiger partial charge on any atom is -0.316 e. The van der Waals surface area contributed by atoms with Crippen LogP contribution in [0.4, 0.5) is 0 Å². The van der Waals surface area contributed by atoms with E-state index in [0.717, 1.165) is 11.2 Å². The van der Waals surface area contributed by atoms with Gasteiger partial charge in [0.05, 0.1) is 0 Å². The van der Waals surface area contributed by atoms with Gasteiger partial charge in [0.1, 0.15) is 0 Å². The molecule has 12 heavy (non-hydrogen) atoms. The lowest BCUT2D eigenvalue weighted by Crippen LogP contribution is -2.29. The topological polar surface area (TPSA) is 12.0 Å². The molecule has 0 aromatic rings. The Morgan fingerprint density at radius 1 is 1.25 bits per heavy atom. The van der Waals surface area contributed by atoms with Crippen molar-refractivity contribution in [3.63, 3.8) is 0 Å². The van der Waals surface area contributed by atoms with Crippen LogP contribution in [0.3, 0.4) is 0 Å². The summed E-state index contributed by atoms with van der Waals surface area (Å²) in [5.41, 5.74) is 0. The zero-order valence-electron chi connectivity index (χ0n) is 7.72. The Morgan fingerprint density at radius 3 is 2.83 bits per heavy atom. The Balaban J connectivity index is 1.52. The molecule has 1 unspecified atom stereocenters. The third kappa shape index (κ3) is 2.98. The second kappa shape index (κ2) is 4.52. The summed E-state index contributed by atoms with van der Waals surface area (Å²) in [4.78, 5) is 0. The van der Waals surface area contributed by atoms with Gasteiger partial charge in [-0.2, -0.15) is 11.8 Å². The van der Waals surface area contributed by atoms with Gasteiger partial charge in [0.25, 0.3) is 0 Å². The molecule has 1 aliphatic carbocycles. The molecule has 1 heterocycles. The van der Waals surface area contributed by atoms with Crippen molar-refractivity contribution in [1.82, 2.24) is 5.32 Å². The Morgan fingerprint density at radius 2 is 2.17 bits per heavy atom. The average molecular weight is 185 g/mol. The smallest absolute Gasteiger partial charge is 0.00478 e. The van der Waals surface area contributed by atoms with Gasteiger partial charge in [-0.05, 0) is 56.9 Å². The van der Waals surface area contributed by atoms with Crippen molar-refractivity contribution in [2.75, 3.05) is 18.8 Å². The fourth-order valence-corrected chi connectivity index (χ4v) is 3.08.